The summed E-state index contributed by atoms with van der Waals surface area (Å²) >= 11 is 0. The Bertz CT molecular complexity index is 1310. The van der Waals surface area contributed by atoms with Crippen LogP contribution in [0.5, 0.6) is 0 Å². The lowest BCUT2D eigenvalue weighted by Crippen LogP contribution is -2.09. The van der Waals surface area contributed by atoms with Crippen molar-refractivity contribution < 1.29 is 0 Å². The van der Waals surface area contributed by atoms with E-state index in [4.69, 9.17) is 0 Å². The van der Waals surface area contributed by atoms with Crippen molar-refractivity contribution in [2.45, 2.75) is 13.8 Å². The molecule has 0 unspecified atom stereocenters. The second-order valence-corrected chi connectivity index (χ2v) is 8.89. The number of para-hydroxylation sites is 2. The van der Waals surface area contributed by atoms with Crippen molar-refractivity contribution in [3.63, 3.8) is 0 Å². The summed E-state index contributed by atoms with van der Waals surface area (Å²) in [6.07, 6.45) is 2.29. The van der Waals surface area contributed by atoms with E-state index in [1.807, 2.05) is 0 Å². The van der Waals surface area contributed by atoms with E-state index in [1.165, 1.54) is 33.4 Å². The van der Waals surface area contributed by atoms with Gasteiger partial charge in [-0.1, -0.05) is 108 Å². The van der Waals surface area contributed by atoms with E-state index in [0.717, 1.165) is 17.1 Å². The molecule has 0 fully saturated rings. The molecule has 0 aliphatic rings. The molecule has 0 amide bonds. The molecule has 1 heteroatoms. The molecule has 0 saturated carbocycles. The van der Waals surface area contributed by atoms with E-state index in [1.54, 1.807) is 0 Å². The zero-order valence-electron chi connectivity index (χ0n) is 20.2. The SMILES string of the molecule is Cc1ccc(C(=Cc2ccc(N(c3ccccc3)c3ccccc3)cc2)c2ccc(C)cc2)cc1. The van der Waals surface area contributed by atoms with Crippen LogP contribution >= 0.6 is 0 Å². The molecule has 0 spiro atoms. The maximum Gasteiger partial charge on any atom is 0.0462 e. The van der Waals surface area contributed by atoms with Gasteiger partial charge < -0.3 is 4.90 Å². The van der Waals surface area contributed by atoms with Gasteiger partial charge in [-0.3, -0.25) is 0 Å². The van der Waals surface area contributed by atoms with Crippen molar-refractivity contribution >= 4 is 28.7 Å². The summed E-state index contributed by atoms with van der Waals surface area (Å²) in [4.78, 5) is 2.29. The molecule has 0 aliphatic carbocycles. The molecule has 0 atom stereocenters. The van der Waals surface area contributed by atoms with E-state index in [2.05, 4.69) is 158 Å². The Morgan fingerprint density at radius 2 is 0.857 bits per heavy atom. The van der Waals surface area contributed by atoms with Crippen LogP contribution in [0.3, 0.4) is 0 Å². The predicted octanol–water partition coefficient (Wildman–Crippen LogP) is 9.36. The highest BCUT2D eigenvalue weighted by Gasteiger charge is 2.12. The summed E-state index contributed by atoms with van der Waals surface area (Å²) in [5.74, 6) is 0. The van der Waals surface area contributed by atoms with Crippen molar-refractivity contribution in [3.8, 4) is 0 Å². The minimum absolute atomic E-state index is 1.13. The molecule has 35 heavy (non-hydrogen) atoms. The Hall–Kier alpha value is -4.36. The first-order valence-corrected chi connectivity index (χ1v) is 12.0. The molecular weight excluding hydrogens is 422 g/mol. The summed E-state index contributed by atoms with van der Waals surface area (Å²) < 4.78 is 0. The normalized spacial score (nSPS) is 10.6. The fourth-order valence-electron chi connectivity index (χ4n) is 4.29. The highest BCUT2D eigenvalue weighted by atomic mass is 15.1. The molecule has 1 nitrogen and oxygen atoms in total. The average molecular weight is 452 g/mol. The first-order valence-electron chi connectivity index (χ1n) is 12.0. The lowest BCUT2D eigenvalue weighted by atomic mass is 9.94. The van der Waals surface area contributed by atoms with E-state index in [0.29, 0.717) is 0 Å². The third-order valence-electron chi connectivity index (χ3n) is 6.22. The van der Waals surface area contributed by atoms with Crippen molar-refractivity contribution in [2.24, 2.45) is 0 Å². The topological polar surface area (TPSA) is 3.24 Å². The number of benzene rings is 5. The molecule has 0 saturated heterocycles. The van der Waals surface area contributed by atoms with E-state index in [-0.39, 0.29) is 0 Å². The maximum absolute atomic E-state index is 2.29. The van der Waals surface area contributed by atoms with Gasteiger partial charge in [0, 0.05) is 17.1 Å². The fraction of sp³-hybridized carbons (Fsp3) is 0.0588. The number of hydrogen-bond acceptors (Lipinski definition) is 1. The summed E-state index contributed by atoms with van der Waals surface area (Å²) in [5, 5.41) is 0. The van der Waals surface area contributed by atoms with Crippen molar-refractivity contribution in [1.82, 2.24) is 0 Å². The van der Waals surface area contributed by atoms with Crippen molar-refractivity contribution in [3.05, 3.63) is 161 Å². The smallest absolute Gasteiger partial charge is 0.0462 e. The van der Waals surface area contributed by atoms with Crippen LogP contribution in [-0.2, 0) is 0 Å². The van der Waals surface area contributed by atoms with Crippen LogP contribution in [0.2, 0.25) is 0 Å². The van der Waals surface area contributed by atoms with Crippen LogP contribution in [0.25, 0.3) is 11.6 Å². The summed E-state index contributed by atoms with van der Waals surface area (Å²) in [6, 6.07) is 47.4. The Labute approximate surface area is 208 Å². The standard InChI is InChI=1S/C34H29N/c1-26-13-19-29(20-14-26)34(30-21-15-27(2)16-22-30)25-28-17-23-33(24-18-28)35(31-9-5-3-6-10-31)32-11-7-4-8-12-32/h3-25H,1-2H3. The average Bonchev–Trinajstić information content (AvgIpc) is 2.91. The molecule has 0 heterocycles. The lowest BCUT2D eigenvalue weighted by molar-refractivity contribution is 1.28. The molecule has 5 rings (SSSR count). The van der Waals surface area contributed by atoms with Crippen LogP contribution in [-0.4, -0.2) is 0 Å². The molecule has 0 N–H and O–H groups in total. The summed E-state index contributed by atoms with van der Waals surface area (Å²) in [7, 11) is 0. The number of nitrogens with zero attached hydrogens (tertiary/aromatic N) is 1. The molecule has 0 aliphatic heterocycles. The third-order valence-corrected chi connectivity index (χ3v) is 6.22. The van der Waals surface area contributed by atoms with E-state index < -0.39 is 0 Å². The maximum atomic E-state index is 2.29. The van der Waals surface area contributed by atoms with Crippen molar-refractivity contribution in [2.75, 3.05) is 4.90 Å². The number of hydrogen-bond donors (Lipinski definition) is 0. The molecule has 5 aromatic rings. The Balaban J connectivity index is 1.55. The van der Waals surface area contributed by atoms with Crippen LogP contribution in [0.15, 0.2) is 133 Å². The highest BCUT2D eigenvalue weighted by molar-refractivity contribution is 5.92. The van der Waals surface area contributed by atoms with Crippen LogP contribution in [0.4, 0.5) is 17.1 Å². The predicted molar refractivity (Wildman–Crippen MR) is 150 cm³/mol. The minimum Gasteiger partial charge on any atom is -0.311 e. The largest absolute Gasteiger partial charge is 0.311 e. The van der Waals surface area contributed by atoms with Gasteiger partial charge in [-0.25, -0.2) is 0 Å². The monoisotopic (exact) mass is 451 g/mol. The zero-order valence-corrected chi connectivity index (χ0v) is 20.2. The molecular formula is C34H29N. The highest BCUT2D eigenvalue weighted by Crippen LogP contribution is 2.35. The van der Waals surface area contributed by atoms with Gasteiger partial charge in [-0.15, -0.1) is 0 Å². The number of anilines is 3. The van der Waals surface area contributed by atoms with Crippen molar-refractivity contribution in [1.29, 1.82) is 0 Å². The quantitative estimate of drug-likeness (QED) is 0.232. The Morgan fingerprint density at radius 3 is 1.29 bits per heavy atom. The van der Waals surface area contributed by atoms with E-state index in [9.17, 15) is 0 Å². The second-order valence-electron chi connectivity index (χ2n) is 8.89. The van der Waals surface area contributed by atoms with Gasteiger partial charge in [0.1, 0.15) is 0 Å². The number of rotatable bonds is 6. The van der Waals surface area contributed by atoms with Crippen LogP contribution < -0.4 is 4.90 Å². The molecule has 0 bridgehead atoms. The van der Waals surface area contributed by atoms with Gasteiger partial charge in [0.25, 0.3) is 0 Å². The molecule has 0 aromatic heterocycles. The van der Waals surface area contributed by atoms with Gasteiger partial charge in [-0.2, -0.15) is 0 Å². The Kier molecular flexibility index (Phi) is 6.59. The molecule has 5 aromatic carbocycles. The Morgan fingerprint density at radius 1 is 0.457 bits per heavy atom. The minimum atomic E-state index is 1.13. The van der Waals surface area contributed by atoms with E-state index >= 15 is 0 Å². The van der Waals surface area contributed by atoms with Crippen LogP contribution in [0.1, 0.15) is 27.8 Å². The van der Waals surface area contributed by atoms with Gasteiger partial charge in [0.05, 0.1) is 0 Å². The zero-order chi connectivity index (χ0) is 24.0. The first kappa shape index (κ1) is 22.4. The van der Waals surface area contributed by atoms with Gasteiger partial charge >= 0.3 is 0 Å². The van der Waals surface area contributed by atoms with Gasteiger partial charge in [0.2, 0.25) is 0 Å². The van der Waals surface area contributed by atoms with Crippen LogP contribution in [0, 0.1) is 13.8 Å². The molecule has 0 radical (unpaired) electrons. The third kappa shape index (κ3) is 5.26. The fourth-order valence-corrected chi connectivity index (χ4v) is 4.29. The second kappa shape index (κ2) is 10.3. The molecule has 170 valence electrons. The van der Waals surface area contributed by atoms with Gasteiger partial charge in [-0.05, 0) is 78.6 Å². The number of aryl methyl sites for hydroxylation is 2. The van der Waals surface area contributed by atoms with Gasteiger partial charge in [0.15, 0.2) is 0 Å². The lowest BCUT2D eigenvalue weighted by Gasteiger charge is -2.25. The summed E-state index contributed by atoms with van der Waals surface area (Å²) in [6.45, 7) is 4.26. The first-order chi connectivity index (χ1) is 17.2. The summed E-state index contributed by atoms with van der Waals surface area (Å²) in [5.41, 5.74) is 10.8.